The SMILES string of the molecule is COc1ccc(N=C2C(=Nc3ccc(OC)cc3C)C3(C)CCC2C3(C)C)c(C)c1. The van der Waals surface area contributed by atoms with Crippen molar-refractivity contribution < 1.29 is 9.47 Å². The molecule has 2 bridgehead atoms. The molecule has 2 fully saturated rings. The summed E-state index contributed by atoms with van der Waals surface area (Å²) in [6.07, 6.45) is 2.32. The molecular weight excluding hydrogens is 372 g/mol. The van der Waals surface area contributed by atoms with Crippen molar-refractivity contribution in [3.05, 3.63) is 47.5 Å². The van der Waals surface area contributed by atoms with Gasteiger partial charge in [0.1, 0.15) is 11.5 Å². The van der Waals surface area contributed by atoms with E-state index in [2.05, 4.69) is 46.8 Å². The number of hydrogen-bond acceptors (Lipinski definition) is 4. The van der Waals surface area contributed by atoms with Crippen LogP contribution < -0.4 is 9.47 Å². The van der Waals surface area contributed by atoms with Crippen molar-refractivity contribution in [3.8, 4) is 11.5 Å². The molecule has 0 saturated heterocycles. The summed E-state index contributed by atoms with van der Waals surface area (Å²) in [7, 11) is 3.39. The minimum Gasteiger partial charge on any atom is -0.497 e. The van der Waals surface area contributed by atoms with Crippen molar-refractivity contribution in [3.63, 3.8) is 0 Å². The van der Waals surface area contributed by atoms with E-state index in [0.717, 1.165) is 58.3 Å². The summed E-state index contributed by atoms with van der Waals surface area (Å²) in [4.78, 5) is 10.4. The molecule has 158 valence electrons. The maximum Gasteiger partial charge on any atom is 0.119 e. The fourth-order valence-electron chi connectivity index (χ4n) is 5.17. The van der Waals surface area contributed by atoms with E-state index in [1.54, 1.807) is 14.2 Å². The third-order valence-electron chi connectivity index (χ3n) is 7.60. The molecule has 4 rings (SSSR count). The van der Waals surface area contributed by atoms with E-state index < -0.39 is 0 Å². The van der Waals surface area contributed by atoms with E-state index in [0.29, 0.717) is 5.92 Å². The van der Waals surface area contributed by atoms with Crippen molar-refractivity contribution in [1.29, 1.82) is 0 Å². The standard InChI is InChI=1S/C26H32N2O2/c1-16-14-18(29-6)8-10-21(16)27-23-20-12-13-26(5,25(20,3)4)24(23)28-22-11-9-19(30-7)15-17(22)2/h8-11,14-15,20H,12-13H2,1-7H3. The molecule has 2 aromatic carbocycles. The van der Waals surface area contributed by atoms with E-state index in [-0.39, 0.29) is 10.8 Å². The van der Waals surface area contributed by atoms with E-state index in [1.807, 2.05) is 24.3 Å². The lowest BCUT2D eigenvalue weighted by atomic mass is 9.70. The molecule has 0 aliphatic heterocycles. The smallest absolute Gasteiger partial charge is 0.119 e. The summed E-state index contributed by atoms with van der Waals surface area (Å²) in [6, 6.07) is 12.2. The number of hydrogen-bond donors (Lipinski definition) is 0. The number of ether oxygens (including phenoxy) is 2. The maximum absolute atomic E-state index is 5.37. The average molecular weight is 405 g/mol. The molecule has 4 heteroatoms. The quantitative estimate of drug-likeness (QED) is 0.574. The van der Waals surface area contributed by atoms with E-state index in [9.17, 15) is 0 Å². The van der Waals surface area contributed by atoms with Gasteiger partial charge in [-0.05, 0) is 79.6 Å². The van der Waals surface area contributed by atoms with Gasteiger partial charge in [-0.2, -0.15) is 0 Å². The molecule has 2 atom stereocenters. The molecule has 30 heavy (non-hydrogen) atoms. The molecule has 0 radical (unpaired) electrons. The Kier molecular flexibility index (Phi) is 5.00. The molecule has 2 unspecified atom stereocenters. The molecule has 0 aromatic heterocycles. The van der Waals surface area contributed by atoms with Crippen LogP contribution >= 0.6 is 0 Å². The predicted octanol–water partition coefficient (Wildman–Crippen LogP) is 6.62. The zero-order valence-corrected chi connectivity index (χ0v) is 19.2. The fourth-order valence-corrected chi connectivity index (χ4v) is 5.17. The fraction of sp³-hybridized carbons (Fsp3) is 0.462. The van der Waals surface area contributed by atoms with Crippen molar-refractivity contribution >= 4 is 22.8 Å². The van der Waals surface area contributed by atoms with Gasteiger partial charge in [0.05, 0.1) is 37.0 Å². The summed E-state index contributed by atoms with van der Waals surface area (Å²) in [6.45, 7) is 11.3. The van der Waals surface area contributed by atoms with Crippen LogP contribution in [0.3, 0.4) is 0 Å². The molecule has 2 aromatic rings. The normalized spacial score (nSPS) is 27.1. The minimum atomic E-state index is 0.0171. The molecule has 0 spiro atoms. The summed E-state index contributed by atoms with van der Waals surface area (Å²) >= 11 is 0. The van der Waals surface area contributed by atoms with Gasteiger partial charge in [-0.1, -0.05) is 20.8 Å². The molecule has 2 saturated carbocycles. The van der Waals surface area contributed by atoms with Gasteiger partial charge in [0.2, 0.25) is 0 Å². The average Bonchev–Trinajstić information content (AvgIpc) is 3.03. The molecular formula is C26H32N2O2. The maximum atomic E-state index is 5.37. The number of rotatable bonds is 4. The van der Waals surface area contributed by atoms with E-state index >= 15 is 0 Å². The van der Waals surface area contributed by atoms with Gasteiger partial charge in [0, 0.05) is 11.3 Å². The van der Waals surface area contributed by atoms with Gasteiger partial charge in [-0.25, -0.2) is 0 Å². The van der Waals surface area contributed by atoms with Crippen LogP contribution in [0.15, 0.2) is 46.4 Å². The van der Waals surface area contributed by atoms with Gasteiger partial charge < -0.3 is 9.47 Å². The van der Waals surface area contributed by atoms with Crippen LogP contribution in [-0.2, 0) is 0 Å². The van der Waals surface area contributed by atoms with Crippen LogP contribution in [0.25, 0.3) is 0 Å². The number of aliphatic imine (C=N–C) groups is 2. The van der Waals surface area contributed by atoms with Crippen LogP contribution in [0.5, 0.6) is 11.5 Å². The lowest BCUT2D eigenvalue weighted by Crippen LogP contribution is -2.33. The number of aryl methyl sites for hydroxylation is 2. The minimum absolute atomic E-state index is 0.0171. The highest BCUT2D eigenvalue weighted by atomic mass is 16.5. The van der Waals surface area contributed by atoms with Crippen LogP contribution in [0.1, 0.15) is 44.7 Å². The first-order valence-corrected chi connectivity index (χ1v) is 10.7. The lowest BCUT2D eigenvalue weighted by Gasteiger charge is -2.33. The summed E-state index contributed by atoms with van der Waals surface area (Å²) < 4.78 is 10.7. The molecule has 0 heterocycles. The Balaban J connectivity index is 1.86. The Morgan fingerprint density at radius 1 is 0.833 bits per heavy atom. The van der Waals surface area contributed by atoms with Crippen molar-refractivity contribution in [2.75, 3.05) is 14.2 Å². The molecule has 0 N–H and O–H groups in total. The van der Waals surface area contributed by atoms with Gasteiger partial charge in [0.15, 0.2) is 0 Å². The Bertz CT molecular complexity index is 1050. The zero-order chi connectivity index (χ0) is 21.7. The number of fused-ring (bicyclic) bond motifs is 2. The van der Waals surface area contributed by atoms with E-state index in [1.165, 1.54) is 0 Å². The monoisotopic (exact) mass is 404 g/mol. The second-order valence-electron chi connectivity index (χ2n) is 9.41. The van der Waals surface area contributed by atoms with Crippen LogP contribution in [0.4, 0.5) is 11.4 Å². The summed E-state index contributed by atoms with van der Waals surface area (Å²) in [5, 5.41) is 0. The second-order valence-corrected chi connectivity index (χ2v) is 9.41. The summed E-state index contributed by atoms with van der Waals surface area (Å²) in [5.74, 6) is 2.14. The topological polar surface area (TPSA) is 43.2 Å². The predicted molar refractivity (Wildman–Crippen MR) is 124 cm³/mol. The zero-order valence-electron chi connectivity index (χ0n) is 19.2. The third-order valence-corrected chi connectivity index (χ3v) is 7.60. The van der Waals surface area contributed by atoms with Gasteiger partial charge in [-0.3, -0.25) is 9.98 Å². The van der Waals surface area contributed by atoms with Crippen LogP contribution in [0.2, 0.25) is 0 Å². The Hall–Kier alpha value is -2.62. The van der Waals surface area contributed by atoms with E-state index in [4.69, 9.17) is 19.5 Å². The Morgan fingerprint density at radius 3 is 1.87 bits per heavy atom. The lowest BCUT2D eigenvalue weighted by molar-refractivity contribution is 0.208. The second kappa shape index (κ2) is 7.26. The first-order valence-electron chi connectivity index (χ1n) is 10.7. The molecule has 2 aliphatic carbocycles. The number of methoxy groups -OCH3 is 2. The number of nitrogens with zero attached hydrogens (tertiary/aromatic N) is 2. The number of benzene rings is 2. The summed E-state index contributed by atoms with van der Waals surface area (Å²) in [5.41, 5.74) is 6.67. The van der Waals surface area contributed by atoms with Gasteiger partial charge in [-0.15, -0.1) is 0 Å². The first kappa shape index (κ1) is 20.6. The van der Waals surface area contributed by atoms with Gasteiger partial charge in [0.25, 0.3) is 0 Å². The molecule has 2 aliphatic rings. The van der Waals surface area contributed by atoms with Crippen molar-refractivity contribution in [2.45, 2.75) is 47.5 Å². The highest BCUT2D eigenvalue weighted by Gasteiger charge is 2.63. The van der Waals surface area contributed by atoms with Crippen LogP contribution in [0, 0.1) is 30.6 Å². The first-order chi connectivity index (χ1) is 14.2. The van der Waals surface area contributed by atoms with Crippen molar-refractivity contribution in [1.82, 2.24) is 0 Å². The Labute approximate surface area is 180 Å². The third kappa shape index (κ3) is 3.05. The van der Waals surface area contributed by atoms with Gasteiger partial charge >= 0.3 is 0 Å². The van der Waals surface area contributed by atoms with Crippen molar-refractivity contribution in [2.24, 2.45) is 26.7 Å². The molecule has 4 nitrogen and oxygen atoms in total. The molecule has 0 amide bonds. The largest absolute Gasteiger partial charge is 0.497 e. The highest BCUT2D eigenvalue weighted by Crippen LogP contribution is 2.63. The van der Waals surface area contributed by atoms with Crippen LogP contribution in [-0.4, -0.2) is 25.6 Å². The Morgan fingerprint density at radius 2 is 1.37 bits per heavy atom. The highest BCUT2D eigenvalue weighted by molar-refractivity contribution is 6.48.